The fourth-order valence-corrected chi connectivity index (χ4v) is 3.48. The maximum absolute atomic E-state index is 12.8. The number of hydrogen-bond acceptors (Lipinski definition) is 5. The van der Waals surface area contributed by atoms with E-state index in [1.807, 2.05) is 4.90 Å². The highest BCUT2D eigenvalue weighted by atomic mass is 16.5. The number of amides is 1. The molecule has 0 N–H and O–H groups in total. The van der Waals surface area contributed by atoms with E-state index in [0.29, 0.717) is 18.7 Å². The number of fused-ring (bicyclic) bond motifs is 2. The quantitative estimate of drug-likeness (QED) is 0.838. The van der Waals surface area contributed by atoms with E-state index in [9.17, 15) is 4.79 Å². The smallest absolute Gasteiger partial charge is 0.255 e. The lowest BCUT2D eigenvalue weighted by Crippen LogP contribution is -2.46. The van der Waals surface area contributed by atoms with E-state index in [0.717, 1.165) is 25.4 Å². The minimum atomic E-state index is 0.00562. The summed E-state index contributed by atoms with van der Waals surface area (Å²) in [5, 5.41) is 7.55. The normalized spacial score (nSPS) is 31.1. The average Bonchev–Trinajstić information content (AvgIpc) is 3.30. The molecule has 2 saturated carbocycles. The van der Waals surface area contributed by atoms with Crippen LogP contribution in [0.3, 0.4) is 0 Å². The predicted molar refractivity (Wildman–Crippen MR) is 78.3 cm³/mol. The second-order valence-corrected chi connectivity index (χ2v) is 6.42. The highest BCUT2D eigenvalue weighted by molar-refractivity contribution is 5.94. The van der Waals surface area contributed by atoms with Gasteiger partial charge in [0.15, 0.2) is 0 Å². The monoisotopic (exact) mass is 303 g/mol. The third-order valence-electron chi connectivity index (χ3n) is 4.87. The molecule has 0 radical (unpaired) electrons. The Morgan fingerprint density at radius 3 is 3.00 bits per heavy atom. The van der Waals surface area contributed by atoms with Gasteiger partial charge < -0.3 is 14.4 Å². The lowest BCUT2D eigenvalue weighted by atomic mass is 10.1. The van der Waals surface area contributed by atoms with Gasteiger partial charge in [0.1, 0.15) is 6.10 Å². The molecule has 2 aliphatic carbocycles. The molecule has 6 nitrogen and oxygen atoms in total. The molecule has 1 aromatic heterocycles. The Labute approximate surface area is 129 Å². The van der Waals surface area contributed by atoms with Crippen molar-refractivity contribution in [3.05, 3.63) is 24.0 Å². The summed E-state index contributed by atoms with van der Waals surface area (Å²) in [5.41, 5.74) is 0.585. The van der Waals surface area contributed by atoms with Gasteiger partial charge in [0, 0.05) is 13.2 Å². The molecular weight excluding hydrogens is 282 g/mol. The molecule has 1 aliphatic heterocycles. The van der Waals surface area contributed by atoms with Crippen molar-refractivity contribution >= 4 is 5.91 Å². The van der Waals surface area contributed by atoms with E-state index in [-0.39, 0.29) is 24.2 Å². The lowest BCUT2D eigenvalue weighted by Gasteiger charge is -2.31. The standard InChI is InChI=1S/C16H21N3O3/c20-16(12-5-6-17-18-9-12)19-7-8-21-14-4-3-13(19)15(14)22-10-11-1-2-11/h5-6,9,11,13-15H,1-4,7-8,10H2/t13-,14-,15-/m0/s1. The van der Waals surface area contributed by atoms with Crippen molar-refractivity contribution in [2.75, 3.05) is 19.8 Å². The first-order chi connectivity index (χ1) is 10.8. The second kappa shape index (κ2) is 5.93. The van der Waals surface area contributed by atoms with Crippen LogP contribution in [0.2, 0.25) is 0 Å². The molecule has 1 amide bonds. The molecule has 2 heterocycles. The van der Waals surface area contributed by atoms with Crippen molar-refractivity contribution in [3.8, 4) is 0 Å². The SMILES string of the molecule is O=C(c1ccnnc1)N1CCO[C@H]2CC[C@H]1[C@@H]2OCC1CC1. The van der Waals surface area contributed by atoms with E-state index in [4.69, 9.17) is 9.47 Å². The number of ether oxygens (including phenoxy) is 2. The summed E-state index contributed by atoms with van der Waals surface area (Å²) >= 11 is 0. The zero-order valence-corrected chi connectivity index (χ0v) is 12.6. The highest BCUT2D eigenvalue weighted by Crippen LogP contribution is 2.35. The molecule has 1 aromatic rings. The number of hydrogen-bond donors (Lipinski definition) is 0. The van der Waals surface area contributed by atoms with Gasteiger partial charge in [-0.25, -0.2) is 0 Å². The summed E-state index contributed by atoms with van der Waals surface area (Å²) in [5.74, 6) is 0.724. The Morgan fingerprint density at radius 2 is 2.23 bits per heavy atom. The number of aromatic nitrogens is 2. The molecule has 3 fully saturated rings. The molecule has 0 aromatic carbocycles. The third kappa shape index (κ3) is 2.73. The van der Waals surface area contributed by atoms with Gasteiger partial charge in [-0.3, -0.25) is 4.79 Å². The Bertz CT molecular complexity index is 535. The van der Waals surface area contributed by atoms with E-state index in [2.05, 4.69) is 10.2 Å². The molecule has 4 rings (SSSR count). The molecule has 0 spiro atoms. The first-order valence-electron chi connectivity index (χ1n) is 8.14. The molecule has 0 unspecified atom stereocenters. The third-order valence-corrected chi connectivity index (χ3v) is 4.87. The zero-order chi connectivity index (χ0) is 14.9. The van der Waals surface area contributed by atoms with Gasteiger partial charge in [-0.1, -0.05) is 0 Å². The van der Waals surface area contributed by atoms with Crippen molar-refractivity contribution in [2.24, 2.45) is 5.92 Å². The molecule has 3 atom stereocenters. The zero-order valence-electron chi connectivity index (χ0n) is 12.6. The minimum absolute atomic E-state index is 0.00562. The summed E-state index contributed by atoms with van der Waals surface area (Å²) in [6.07, 6.45) is 7.70. The number of carbonyl (C=O) groups is 1. The van der Waals surface area contributed by atoms with Crippen LogP contribution in [-0.2, 0) is 9.47 Å². The van der Waals surface area contributed by atoms with Crippen LogP contribution in [0.1, 0.15) is 36.0 Å². The Hall–Kier alpha value is -1.53. The van der Waals surface area contributed by atoms with Crippen molar-refractivity contribution in [2.45, 2.75) is 43.9 Å². The van der Waals surface area contributed by atoms with Crippen LogP contribution in [0, 0.1) is 5.92 Å². The Kier molecular flexibility index (Phi) is 3.80. The molecule has 22 heavy (non-hydrogen) atoms. The molecule has 118 valence electrons. The van der Waals surface area contributed by atoms with Gasteiger partial charge >= 0.3 is 0 Å². The van der Waals surface area contributed by atoms with Crippen LogP contribution in [0.4, 0.5) is 0 Å². The van der Waals surface area contributed by atoms with Gasteiger partial charge in [0.05, 0.1) is 36.7 Å². The van der Waals surface area contributed by atoms with Crippen molar-refractivity contribution < 1.29 is 14.3 Å². The molecule has 6 heteroatoms. The topological polar surface area (TPSA) is 64.6 Å². The van der Waals surface area contributed by atoms with Crippen LogP contribution in [0.15, 0.2) is 18.5 Å². The lowest BCUT2D eigenvalue weighted by molar-refractivity contribution is -0.0556. The second-order valence-electron chi connectivity index (χ2n) is 6.42. The van der Waals surface area contributed by atoms with Gasteiger partial charge in [-0.15, -0.1) is 0 Å². The first kappa shape index (κ1) is 14.1. The van der Waals surface area contributed by atoms with Crippen LogP contribution >= 0.6 is 0 Å². The summed E-state index contributed by atoms with van der Waals surface area (Å²) in [4.78, 5) is 14.7. The van der Waals surface area contributed by atoms with Gasteiger partial charge in [-0.05, 0) is 37.7 Å². The fourth-order valence-electron chi connectivity index (χ4n) is 3.48. The van der Waals surface area contributed by atoms with Crippen molar-refractivity contribution in [1.29, 1.82) is 0 Å². The van der Waals surface area contributed by atoms with E-state index >= 15 is 0 Å². The summed E-state index contributed by atoms with van der Waals surface area (Å²) in [7, 11) is 0. The summed E-state index contributed by atoms with van der Waals surface area (Å²) in [6, 6.07) is 1.83. The first-order valence-corrected chi connectivity index (χ1v) is 8.14. The predicted octanol–water partition coefficient (Wildman–Crippen LogP) is 1.28. The summed E-state index contributed by atoms with van der Waals surface area (Å²) in [6.45, 7) is 2.00. The fraction of sp³-hybridized carbons (Fsp3) is 0.688. The van der Waals surface area contributed by atoms with Crippen molar-refractivity contribution in [3.63, 3.8) is 0 Å². The van der Waals surface area contributed by atoms with Gasteiger partial charge in [-0.2, -0.15) is 10.2 Å². The van der Waals surface area contributed by atoms with Crippen LogP contribution in [0.5, 0.6) is 0 Å². The molecular formula is C16H21N3O3. The number of carbonyl (C=O) groups excluding carboxylic acids is 1. The van der Waals surface area contributed by atoms with E-state index < -0.39 is 0 Å². The van der Waals surface area contributed by atoms with Crippen molar-refractivity contribution in [1.82, 2.24) is 15.1 Å². The van der Waals surface area contributed by atoms with Gasteiger partial charge in [0.25, 0.3) is 5.91 Å². The van der Waals surface area contributed by atoms with E-state index in [1.54, 1.807) is 12.3 Å². The summed E-state index contributed by atoms with van der Waals surface area (Å²) < 4.78 is 12.1. The molecule has 3 aliphatic rings. The highest BCUT2D eigenvalue weighted by Gasteiger charge is 2.45. The maximum Gasteiger partial charge on any atom is 0.255 e. The van der Waals surface area contributed by atoms with Crippen LogP contribution < -0.4 is 0 Å². The van der Waals surface area contributed by atoms with E-state index in [1.165, 1.54) is 19.0 Å². The van der Waals surface area contributed by atoms with Gasteiger partial charge in [0.2, 0.25) is 0 Å². The van der Waals surface area contributed by atoms with Crippen LogP contribution in [0.25, 0.3) is 0 Å². The van der Waals surface area contributed by atoms with Crippen LogP contribution in [-0.4, -0.2) is 59.0 Å². The Morgan fingerprint density at radius 1 is 1.32 bits per heavy atom. The number of nitrogens with zero attached hydrogens (tertiary/aromatic N) is 3. The average molecular weight is 303 g/mol. The maximum atomic E-state index is 12.8. The molecule has 2 bridgehead atoms. The number of rotatable bonds is 4. The molecule has 1 saturated heterocycles. The largest absolute Gasteiger partial charge is 0.374 e. The minimum Gasteiger partial charge on any atom is -0.374 e. The Balaban J connectivity index is 1.52.